The van der Waals surface area contributed by atoms with Gasteiger partial charge in [-0.2, -0.15) is 0 Å². The molecule has 1 aliphatic carbocycles. The molecule has 0 spiro atoms. The number of rotatable bonds is 1. The van der Waals surface area contributed by atoms with Gasteiger partial charge in [-0.1, -0.05) is 30.2 Å². The SMILES string of the molecule is CCC1CCC(C)=CC=C1C. The molecule has 0 aromatic rings. The van der Waals surface area contributed by atoms with E-state index in [2.05, 4.69) is 32.9 Å². The zero-order chi connectivity index (χ0) is 8.27. The Morgan fingerprint density at radius 2 is 2.09 bits per heavy atom. The molecule has 1 aliphatic rings. The van der Waals surface area contributed by atoms with Gasteiger partial charge in [0.15, 0.2) is 0 Å². The quantitative estimate of drug-likeness (QED) is 0.534. The molecule has 0 aliphatic heterocycles. The van der Waals surface area contributed by atoms with Crippen LogP contribution in [-0.2, 0) is 0 Å². The molecule has 0 heteroatoms. The zero-order valence-electron chi connectivity index (χ0n) is 7.85. The summed E-state index contributed by atoms with van der Waals surface area (Å²) in [5.74, 6) is 0.837. The highest BCUT2D eigenvalue weighted by Gasteiger charge is 2.09. The molecule has 0 fully saturated rings. The van der Waals surface area contributed by atoms with E-state index in [1.165, 1.54) is 24.8 Å². The lowest BCUT2D eigenvalue weighted by atomic mass is 9.93. The minimum absolute atomic E-state index is 0.837. The van der Waals surface area contributed by atoms with Crippen LogP contribution in [-0.4, -0.2) is 0 Å². The third kappa shape index (κ3) is 2.21. The Hall–Kier alpha value is -0.520. The van der Waals surface area contributed by atoms with Crippen molar-refractivity contribution in [1.82, 2.24) is 0 Å². The van der Waals surface area contributed by atoms with Crippen LogP contribution in [0.4, 0.5) is 0 Å². The molecule has 0 bridgehead atoms. The van der Waals surface area contributed by atoms with Crippen LogP contribution < -0.4 is 0 Å². The van der Waals surface area contributed by atoms with Gasteiger partial charge in [-0.05, 0) is 39.0 Å². The number of hydrogen-bond donors (Lipinski definition) is 0. The van der Waals surface area contributed by atoms with Crippen molar-refractivity contribution in [3.8, 4) is 0 Å². The Kier molecular flexibility index (Phi) is 2.92. The number of hydrogen-bond acceptors (Lipinski definition) is 0. The summed E-state index contributed by atoms with van der Waals surface area (Å²) < 4.78 is 0. The van der Waals surface area contributed by atoms with E-state index in [4.69, 9.17) is 0 Å². The molecule has 62 valence electrons. The van der Waals surface area contributed by atoms with Crippen LogP contribution in [0.25, 0.3) is 0 Å². The topological polar surface area (TPSA) is 0 Å². The summed E-state index contributed by atoms with van der Waals surface area (Å²) in [4.78, 5) is 0. The lowest BCUT2D eigenvalue weighted by Crippen LogP contribution is -1.98. The molecule has 0 aromatic heterocycles. The summed E-state index contributed by atoms with van der Waals surface area (Å²) in [5, 5.41) is 0. The molecular formula is C11H18. The molecule has 0 amide bonds. The van der Waals surface area contributed by atoms with Gasteiger partial charge < -0.3 is 0 Å². The lowest BCUT2D eigenvalue weighted by Gasteiger charge is -2.12. The van der Waals surface area contributed by atoms with Gasteiger partial charge in [0.25, 0.3) is 0 Å². The first-order valence-corrected chi connectivity index (χ1v) is 4.58. The standard InChI is InChI=1S/C11H18/c1-4-11-8-6-9(2)5-7-10(11)3/h5,7,11H,4,6,8H2,1-3H3. The highest BCUT2D eigenvalue weighted by molar-refractivity contribution is 5.20. The van der Waals surface area contributed by atoms with Crippen molar-refractivity contribution in [3.05, 3.63) is 23.3 Å². The number of allylic oxidation sites excluding steroid dienone is 4. The van der Waals surface area contributed by atoms with Gasteiger partial charge in [0.2, 0.25) is 0 Å². The van der Waals surface area contributed by atoms with Crippen molar-refractivity contribution < 1.29 is 0 Å². The summed E-state index contributed by atoms with van der Waals surface area (Å²) in [7, 11) is 0. The second-order valence-corrected chi connectivity index (χ2v) is 3.57. The van der Waals surface area contributed by atoms with Gasteiger partial charge in [0.05, 0.1) is 0 Å². The fourth-order valence-electron chi connectivity index (χ4n) is 1.65. The van der Waals surface area contributed by atoms with Crippen LogP contribution in [0.1, 0.15) is 40.0 Å². The Bertz CT molecular complexity index is 184. The maximum Gasteiger partial charge on any atom is -0.0202 e. The maximum atomic E-state index is 2.29. The second-order valence-electron chi connectivity index (χ2n) is 3.57. The van der Waals surface area contributed by atoms with E-state index < -0.39 is 0 Å². The highest BCUT2D eigenvalue weighted by atomic mass is 14.2. The summed E-state index contributed by atoms with van der Waals surface area (Å²) in [5.41, 5.74) is 3.09. The van der Waals surface area contributed by atoms with Crippen LogP contribution in [0.2, 0.25) is 0 Å². The predicted molar refractivity (Wildman–Crippen MR) is 50.5 cm³/mol. The largest absolute Gasteiger partial charge is 0.0733 e. The smallest absolute Gasteiger partial charge is 0.0202 e. The summed E-state index contributed by atoms with van der Waals surface area (Å²) in [6, 6.07) is 0. The van der Waals surface area contributed by atoms with E-state index >= 15 is 0 Å². The molecule has 0 saturated carbocycles. The van der Waals surface area contributed by atoms with Crippen molar-refractivity contribution >= 4 is 0 Å². The molecule has 0 heterocycles. The van der Waals surface area contributed by atoms with Crippen LogP contribution in [0.5, 0.6) is 0 Å². The van der Waals surface area contributed by atoms with E-state index in [9.17, 15) is 0 Å². The van der Waals surface area contributed by atoms with Crippen molar-refractivity contribution in [2.24, 2.45) is 5.92 Å². The fourth-order valence-corrected chi connectivity index (χ4v) is 1.65. The Morgan fingerprint density at radius 3 is 2.73 bits per heavy atom. The molecule has 1 unspecified atom stereocenters. The maximum absolute atomic E-state index is 2.29. The van der Waals surface area contributed by atoms with E-state index in [1.807, 2.05) is 0 Å². The molecule has 0 N–H and O–H groups in total. The van der Waals surface area contributed by atoms with Crippen LogP contribution in [0.15, 0.2) is 23.3 Å². The van der Waals surface area contributed by atoms with Gasteiger partial charge in [0, 0.05) is 0 Å². The predicted octanol–water partition coefficient (Wildman–Crippen LogP) is 3.70. The molecule has 0 radical (unpaired) electrons. The van der Waals surface area contributed by atoms with Gasteiger partial charge in [-0.3, -0.25) is 0 Å². The van der Waals surface area contributed by atoms with Gasteiger partial charge in [-0.15, -0.1) is 0 Å². The zero-order valence-corrected chi connectivity index (χ0v) is 7.85. The van der Waals surface area contributed by atoms with Crippen molar-refractivity contribution in [1.29, 1.82) is 0 Å². The lowest BCUT2D eigenvalue weighted by molar-refractivity contribution is 0.545. The van der Waals surface area contributed by atoms with E-state index in [-0.39, 0.29) is 0 Å². The Balaban J connectivity index is 2.67. The van der Waals surface area contributed by atoms with Gasteiger partial charge in [-0.25, -0.2) is 0 Å². The first kappa shape index (κ1) is 8.58. The molecule has 1 rings (SSSR count). The Labute approximate surface area is 70.0 Å². The Morgan fingerprint density at radius 1 is 1.36 bits per heavy atom. The normalized spacial score (nSPS) is 25.5. The van der Waals surface area contributed by atoms with Gasteiger partial charge in [0.1, 0.15) is 0 Å². The summed E-state index contributed by atoms with van der Waals surface area (Å²) >= 11 is 0. The second kappa shape index (κ2) is 3.75. The minimum atomic E-state index is 0.837. The van der Waals surface area contributed by atoms with E-state index in [0.717, 1.165) is 5.92 Å². The molecule has 0 aromatic carbocycles. The third-order valence-electron chi connectivity index (χ3n) is 2.65. The average molecular weight is 150 g/mol. The summed E-state index contributed by atoms with van der Waals surface area (Å²) in [6.45, 7) is 6.76. The minimum Gasteiger partial charge on any atom is -0.0733 e. The van der Waals surface area contributed by atoms with Crippen molar-refractivity contribution in [2.45, 2.75) is 40.0 Å². The van der Waals surface area contributed by atoms with Crippen molar-refractivity contribution in [3.63, 3.8) is 0 Å². The summed E-state index contributed by atoms with van der Waals surface area (Å²) in [6.07, 6.45) is 8.48. The first-order valence-electron chi connectivity index (χ1n) is 4.58. The fraction of sp³-hybridized carbons (Fsp3) is 0.636. The third-order valence-corrected chi connectivity index (χ3v) is 2.65. The molecule has 1 atom stereocenters. The monoisotopic (exact) mass is 150 g/mol. The molecule has 0 nitrogen and oxygen atoms in total. The van der Waals surface area contributed by atoms with Crippen molar-refractivity contribution in [2.75, 3.05) is 0 Å². The van der Waals surface area contributed by atoms with E-state index in [0.29, 0.717) is 0 Å². The molecule has 0 saturated heterocycles. The molecule has 11 heavy (non-hydrogen) atoms. The van der Waals surface area contributed by atoms with Crippen LogP contribution in [0.3, 0.4) is 0 Å². The van der Waals surface area contributed by atoms with Crippen LogP contribution >= 0.6 is 0 Å². The molecular weight excluding hydrogens is 132 g/mol. The first-order chi connectivity index (χ1) is 5.24. The van der Waals surface area contributed by atoms with E-state index in [1.54, 1.807) is 5.57 Å². The van der Waals surface area contributed by atoms with Crippen LogP contribution in [0, 0.1) is 5.92 Å². The average Bonchev–Trinajstić information content (AvgIpc) is 2.15. The highest BCUT2D eigenvalue weighted by Crippen LogP contribution is 2.25. The van der Waals surface area contributed by atoms with Gasteiger partial charge >= 0.3 is 0 Å².